The molecular formula is C12H13Cl2N3O. The highest BCUT2D eigenvalue weighted by Gasteiger charge is 2.16. The lowest BCUT2D eigenvalue weighted by Gasteiger charge is -2.28. The number of benzene rings is 1. The lowest BCUT2D eigenvalue weighted by atomic mass is 10.2. The van der Waals surface area contributed by atoms with Crippen LogP contribution in [0.2, 0.25) is 10.0 Å². The Hall–Kier alpha value is -1.13. The van der Waals surface area contributed by atoms with E-state index in [-0.39, 0.29) is 6.54 Å². The second-order valence-electron chi connectivity index (χ2n) is 4.10. The monoisotopic (exact) mass is 285 g/mol. The molecule has 1 aliphatic heterocycles. The maximum atomic E-state index is 10.4. The first-order valence-electron chi connectivity index (χ1n) is 5.72. The summed E-state index contributed by atoms with van der Waals surface area (Å²) in [6.07, 6.45) is 0.980. The molecule has 0 aliphatic carbocycles. The fourth-order valence-corrected chi connectivity index (χ4v) is 2.40. The van der Waals surface area contributed by atoms with Crippen LogP contribution in [0.15, 0.2) is 28.4 Å². The molecule has 96 valence electrons. The first-order valence-corrected chi connectivity index (χ1v) is 6.47. The van der Waals surface area contributed by atoms with E-state index in [1.54, 1.807) is 6.07 Å². The summed E-state index contributed by atoms with van der Waals surface area (Å²) in [6, 6.07) is 5.42. The van der Waals surface area contributed by atoms with E-state index in [4.69, 9.17) is 23.2 Å². The lowest BCUT2D eigenvalue weighted by molar-refractivity contribution is 0.383. The van der Waals surface area contributed by atoms with Gasteiger partial charge in [-0.15, -0.1) is 0 Å². The van der Waals surface area contributed by atoms with Crippen LogP contribution in [0.3, 0.4) is 0 Å². The van der Waals surface area contributed by atoms with Gasteiger partial charge >= 0.3 is 0 Å². The van der Waals surface area contributed by atoms with Crippen LogP contribution in [0.1, 0.15) is 12.0 Å². The molecule has 0 atom stereocenters. The molecule has 0 aromatic heterocycles. The summed E-state index contributed by atoms with van der Waals surface area (Å²) in [5.74, 6) is 0.738. The third kappa shape index (κ3) is 3.21. The number of hydrogen-bond acceptors (Lipinski definition) is 4. The first-order chi connectivity index (χ1) is 8.70. The molecule has 0 amide bonds. The van der Waals surface area contributed by atoms with Crippen molar-refractivity contribution in [2.45, 2.75) is 13.0 Å². The number of amidine groups is 1. The van der Waals surface area contributed by atoms with E-state index >= 15 is 0 Å². The fourth-order valence-electron chi connectivity index (χ4n) is 1.93. The normalized spacial score (nSPS) is 15.4. The Bertz CT molecular complexity index is 476. The minimum Gasteiger partial charge on any atom is -0.354 e. The molecule has 1 aromatic carbocycles. The molecule has 1 heterocycles. The Kier molecular flexibility index (Phi) is 4.55. The van der Waals surface area contributed by atoms with E-state index in [0.29, 0.717) is 16.6 Å². The topological polar surface area (TPSA) is 45.0 Å². The molecular weight excluding hydrogens is 273 g/mol. The van der Waals surface area contributed by atoms with Crippen molar-refractivity contribution in [3.63, 3.8) is 0 Å². The van der Waals surface area contributed by atoms with Crippen molar-refractivity contribution in [2.24, 2.45) is 10.2 Å². The third-order valence-electron chi connectivity index (χ3n) is 2.83. The average molecular weight is 286 g/mol. The second kappa shape index (κ2) is 6.16. The third-order valence-corrected chi connectivity index (χ3v) is 3.41. The molecule has 1 aliphatic rings. The Labute approximate surface area is 116 Å². The zero-order chi connectivity index (χ0) is 13.0. The Morgan fingerprint density at radius 1 is 1.39 bits per heavy atom. The smallest absolute Gasteiger partial charge is 0.138 e. The van der Waals surface area contributed by atoms with Gasteiger partial charge in [-0.2, -0.15) is 4.91 Å². The van der Waals surface area contributed by atoms with E-state index in [1.807, 2.05) is 17.0 Å². The number of nitrogens with zero attached hydrogens (tertiary/aromatic N) is 3. The summed E-state index contributed by atoms with van der Waals surface area (Å²) in [7, 11) is 0. The molecule has 0 saturated carbocycles. The van der Waals surface area contributed by atoms with Crippen molar-refractivity contribution >= 4 is 29.0 Å². The van der Waals surface area contributed by atoms with Crippen LogP contribution in [0.4, 0.5) is 0 Å². The van der Waals surface area contributed by atoms with Crippen molar-refractivity contribution < 1.29 is 0 Å². The zero-order valence-corrected chi connectivity index (χ0v) is 11.3. The summed E-state index contributed by atoms with van der Waals surface area (Å²) < 4.78 is 0. The van der Waals surface area contributed by atoms with E-state index < -0.39 is 0 Å². The summed E-state index contributed by atoms with van der Waals surface area (Å²) in [5.41, 5.74) is 0.974. The number of aliphatic imine (C=N–C) groups is 1. The van der Waals surface area contributed by atoms with E-state index in [2.05, 4.69) is 10.2 Å². The van der Waals surface area contributed by atoms with Crippen LogP contribution in [-0.2, 0) is 6.54 Å². The first kappa shape index (κ1) is 13.3. The SMILES string of the molecule is O=NCC1=NCCCN1Cc1ccc(Cl)cc1Cl. The largest absolute Gasteiger partial charge is 0.354 e. The summed E-state index contributed by atoms with van der Waals surface area (Å²) in [6.45, 7) is 2.37. The molecule has 6 heteroatoms. The molecule has 0 bridgehead atoms. The molecule has 0 N–H and O–H groups in total. The Morgan fingerprint density at radius 2 is 2.22 bits per heavy atom. The highest BCUT2D eigenvalue weighted by atomic mass is 35.5. The Morgan fingerprint density at radius 3 is 2.94 bits per heavy atom. The molecule has 4 nitrogen and oxygen atoms in total. The van der Waals surface area contributed by atoms with Gasteiger partial charge < -0.3 is 4.90 Å². The van der Waals surface area contributed by atoms with Crippen molar-refractivity contribution in [3.8, 4) is 0 Å². The fraction of sp³-hybridized carbons (Fsp3) is 0.417. The molecule has 0 spiro atoms. The van der Waals surface area contributed by atoms with Crippen molar-refractivity contribution in [1.82, 2.24) is 4.90 Å². The average Bonchev–Trinajstić information content (AvgIpc) is 2.35. The van der Waals surface area contributed by atoms with Crippen molar-refractivity contribution in [1.29, 1.82) is 0 Å². The van der Waals surface area contributed by atoms with Crippen LogP contribution in [0, 0.1) is 4.91 Å². The number of nitroso groups, excluding NO2 is 1. The second-order valence-corrected chi connectivity index (χ2v) is 4.94. The van der Waals surface area contributed by atoms with Crippen LogP contribution in [-0.4, -0.2) is 30.4 Å². The molecule has 2 rings (SSSR count). The van der Waals surface area contributed by atoms with Crippen LogP contribution in [0.25, 0.3) is 0 Å². The zero-order valence-electron chi connectivity index (χ0n) is 9.77. The van der Waals surface area contributed by atoms with Gasteiger partial charge in [0, 0.05) is 29.7 Å². The van der Waals surface area contributed by atoms with Crippen molar-refractivity contribution in [2.75, 3.05) is 19.6 Å². The minimum absolute atomic E-state index is 0.116. The number of rotatable bonds is 4. The van der Waals surface area contributed by atoms with Gasteiger partial charge in [0.1, 0.15) is 12.4 Å². The van der Waals surface area contributed by atoms with Gasteiger partial charge in [-0.1, -0.05) is 34.4 Å². The van der Waals surface area contributed by atoms with Gasteiger partial charge in [0.05, 0.1) is 0 Å². The summed E-state index contributed by atoms with van der Waals surface area (Å²) in [4.78, 5) is 16.7. The molecule has 1 aromatic rings. The molecule has 0 unspecified atom stereocenters. The maximum absolute atomic E-state index is 10.4. The maximum Gasteiger partial charge on any atom is 0.138 e. The van der Waals surface area contributed by atoms with Crippen LogP contribution >= 0.6 is 23.2 Å². The summed E-state index contributed by atoms with van der Waals surface area (Å²) in [5, 5.41) is 4.16. The van der Waals surface area contributed by atoms with E-state index in [9.17, 15) is 4.91 Å². The van der Waals surface area contributed by atoms with Gasteiger partial charge in [0.2, 0.25) is 0 Å². The summed E-state index contributed by atoms with van der Waals surface area (Å²) >= 11 is 12.0. The van der Waals surface area contributed by atoms with Gasteiger partial charge in [0.25, 0.3) is 0 Å². The highest BCUT2D eigenvalue weighted by molar-refractivity contribution is 6.35. The van der Waals surface area contributed by atoms with Gasteiger partial charge in [-0.05, 0) is 24.1 Å². The standard InChI is InChI=1S/C12H13Cl2N3O/c13-10-3-2-9(11(14)6-10)8-17-5-1-4-15-12(17)7-16-18/h2-3,6H,1,4-5,7-8H2. The van der Waals surface area contributed by atoms with Gasteiger partial charge in [-0.25, -0.2) is 0 Å². The van der Waals surface area contributed by atoms with Gasteiger partial charge in [-0.3, -0.25) is 4.99 Å². The van der Waals surface area contributed by atoms with Gasteiger partial charge in [0.15, 0.2) is 0 Å². The van der Waals surface area contributed by atoms with Crippen molar-refractivity contribution in [3.05, 3.63) is 38.7 Å². The lowest BCUT2D eigenvalue weighted by Crippen LogP contribution is -2.36. The number of halogens is 2. The molecule has 0 saturated heterocycles. The predicted octanol–water partition coefficient (Wildman–Crippen LogP) is 3.36. The Balaban J connectivity index is 2.14. The van der Waals surface area contributed by atoms with E-state index in [0.717, 1.165) is 30.9 Å². The van der Waals surface area contributed by atoms with Crippen LogP contribution < -0.4 is 0 Å². The number of hydrogen-bond donors (Lipinski definition) is 0. The van der Waals surface area contributed by atoms with Crippen LogP contribution in [0.5, 0.6) is 0 Å². The molecule has 0 radical (unpaired) electrons. The minimum atomic E-state index is 0.116. The van der Waals surface area contributed by atoms with E-state index in [1.165, 1.54) is 0 Å². The quantitative estimate of drug-likeness (QED) is 0.797. The molecule has 0 fully saturated rings. The predicted molar refractivity (Wildman–Crippen MR) is 74.5 cm³/mol. The highest BCUT2D eigenvalue weighted by Crippen LogP contribution is 2.23. The molecule has 18 heavy (non-hydrogen) atoms.